The first-order valence-electron chi connectivity index (χ1n) is 9.37. The molecule has 0 aliphatic carbocycles. The molecule has 3 aliphatic heterocycles. The van der Waals surface area contributed by atoms with Crippen molar-refractivity contribution in [3.05, 3.63) is 70.6 Å². The van der Waals surface area contributed by atoms with Gasteiger partial charge in [-0.3, -0.25) is 19.3 Å². The number of rotatable bonds is 2. The Morgan fingerprint density at radius 3 is 2.55 bits per heavy atom. The molecule has 2 aromatic carbocycles. The lowest BCUT2D eigenvalue weighted by atomic mass is 9.84. The lowest BCUT2D eigenvalue weighted by molar-refractivity contribution is -0.884. The SMILES string of the molecule is CC(=O)[C@@H]1[C@@H]2C(=O)N(c3ccc(F)c(Cl)c3)C(=O)[C@@H]2[C@@H]2c3ccccc3C=C[NH+]12. The minimum Gasteiger partial charge on any atom is -0.293 e. The van der Waals surface area contributed by atoms with Crippen LogP contribution >= 0.6 is 11.6 Å². The molecule has 2 fully saturated rings. The van der Waals surface area contributed by atoms with Crippen LogP contribution in [-0.4, -0.2) is 23.6 Å². The van der Waals surface area contributed by atoms with Crippen molar-refractivity contribution in [1.82, 2.24) is 0 Å². The molecule has 7 heteroatoms. The maximum Gasteiger partial charge on any atom is 0.244 e. The van der Waals surface area contributed by atoms with Gasteiger partial charge in [-0.2, -0.15) is 0 Å². The number of halogens is 2. The molecule has 2 saturated heterocycles. The first-order chi connectivity index (χ1) is 13.9. The zero-order valence-electron chi connectivity index (χ0n) is 15.4. The molecule has 29 heavy (non-hydrogen) atoms. The highest BCUT2D eigenvalue weighted by atomic mass is 35.5. The standard InChI is InChI=1S/C22H16ClFN2O3/c1-11(27)19-17-18(20-14-5-3-2-4-12(14)8-9-25(19)20)22(29)26(21(17)28)13-6-7-16(24)15(23)10-13/h2-10,17-20H,1H3/p+1/t17-,18+,19-,20+/m1/s1. The number of hydrogen-bond donors (Lipinski definition) is 1. The molecule has 0 aromatic heterocycles. The van der Waals surface area contributed by atoms with Gasteiger partial charge in [-0.1, -0.05) is 35.9 Å². The molecule has 146 valence electrons. The molecule has 2 aromatic rings. The quantitative estimate of drug-likeness (QED) is 0.770. The third-order valence-electron chi connectivity index (χ3n) is 6.22. The molecule has 1 N–H and O–H groups in total. The number of nitrogens with one attached hydrogen (secondary N) is 1. The minimum atomic E-state index is -0.764. The first kappa shape index (κ1) is 18.2. The van der Waals surface area contributed by atoms with E-state index in [4.69, 9.17) is 11.6 Å². The van der Waals surface area contributed by atoms with Crippen LogP contribution in [0.1, 0.15) is 24.1 Å². The lowest BCUT2D eigenvalue weighted by Crippen LogP contribution is -3.12. The average molecular weight is 412 g/mol. The third-order valence-corrected chi connectivity index (χ3v) is 6.51. The highest BCUT2D eigenvalue weighted by molar-refractivity contribution is 6.31. The van der Waals surface area contributed by atoms with E-state index in [1.807, 2.05) is 36.5 Å². The predicted octanol–water partition coefficient (Wildman–Crippen LogP) is 2.17. The Morgan fingerprint density at radius 1 is 1.10 bits per heavy atom. The van der Waals surface area contributed by atoms with Crippen LogP contribution in [0, 0.1) is 17.7 Å². The van der Waals surface area contributed by atoms with E-state index >= 15 is 0 Å². The largest absolute Gasteiger partial charge is 0.293 e. The number of benzene rings is 2. The van der Waals surface area contributed by atoms with Gasteiger partial charge < -0.3 is 0 Å². The summed E-state index contributed by atoms with van der Waals surface area (Å²) in [5.74, 6) is -3.00. The Balaban J connectivity index is 1.65. The number of Topliss-reactive ketones (excluding diaryl/α,β-unsaturated/α-hetero) is 1. The van der Waals surface area contributed by atoms with E-state index in [1.165, 1.54) is 19.1 Å². The molecule has 5 rings (SSSR count). The van der Waals surface area contributed by atoms with Crippen molar-refractivity contribution in [1.29, 1.82) is 0 Å². The number of hydrogen-bond acceptors (Lipinski definition) is 3. The van der Waals surface area contributed by atoms with Crippen molar-refractivity contribution in [2.24, 2.45) is 11.8 Å². The Hall–Kier alpha value is -2.83. The maximum absolute atomic E-state index is 13.6. The summed E-state index contributed by atoms with van der Waals surface area (Å²) in [5.41, 5.74) is 2.15. The van der Waals surface area contributed by atoms with Crippen molar-refractivity contribution in [3.63, 3.8) is 0 Å². The second-order valence-corrected chi connectivity index (χ2v) is 8.10. The number of ketones is 1. The van der Waals surface area contributed by atoms with Crippen LogP contribution in [-0.2, 0) is 14.4 Å². The molecular weight excluding hydrogens is 395 g/mol. The maximum atomic E-state index is 13.6. The normalized spacial score (nSPS) is 29.6. The van der Waals surface area contributed by atoms with E-state index in [2.05, 4.69) is 0 Å². The lowest BCUT2D eigenvalue weighted by Gasteiger charge is -2.30. The molecule has 0 bridgehead atoms. The summed E-state index contributed by atoms with van der Waals surface area (Å²) in [6, 6.07) is 10.5. The highest BCUT2D eigenvalue weighted by Gasteiger charge is 2.67. The number of fused-ring (bicyclic) bond motifs is 5. The van der Waals surface area contributed by atoms with Crippen LogP contribution in [0.25, 0.3) is 6.08 Å². The monoisotopic (exact) mass is 411 g/mol. The van der Waals surface area contributed by atoms with Crippen LogP contribution in [0.3, 0.4) is 0 Å². The van der Waals surface area contributed by atoms with Gasteiger partial charge >= 0.3 is 0 Å². The number of imide groups is 1. The minimum absolute atomic E-state index is 0.137. The number of anilines is 1. The van der Waals surface area contributed by atoms with Gasteiger partial charge in [-0.25, -0.2) is 9.29 Å². The summed E-state index contributed by atoms with van der Waals surface area (Å²) in [5, 5.41) is -0.165. The zero-order chi connectivity index (χ0) is 20.4. The predicted molar refractivity (Wildman–Crippen MR) is 105 cm³/mol. The summed E-state index contributed by atoms with van der Waals surface area (Å²) in [6.07, 6.45) is 3.82. The fourth-order valence-corrected chi connectivity index (χ4v) is 5.28. The van der Waals surface area contributed by atoms with Crippen molar-refractivity contribution in [2.75, 3.05) is 4.90 Å². The van der Waals surface area contributed by atoms with Gasteiger partial charge in [0.25, 0.3) is 0 Å². The van der Waals surface area contributed by atoms with Crippen LogP contribution in [0.4, 0.5) is 10.1 Å². The summed E-state index contributed by atoms with van der Waals surface area (Å²) in [4.78, 5) is 41.2. The van der Waals surface area contributed by atoms with E-state index in [0.29, 0.717) is 0 Å². The van der Waals surface area contributed by atoms with Crippen LogP contribution < -0.4 is 9.80 Å². The highest BCUT2D eigenvalue weighted by Crippen LogP contribution is 2.45. The number of carbonyl (C=O) groups excluding carboxylic acids is 3. The van der Waals surface area contributed by atoms with Crippen molar-refractivity contribution < 1.29 is 23.7 Å². The molecule has 5 atom stereocenters. The fourth-order valence-electron chi connectivity index (χ4n) is 5.10. The van der Waals surface area contributed by atoms with Gasteiger partial charge in [-0.15, -0.1) is 0 Å². The van der Waals surface area contributed by atoms with Crippen molar-refractivity contribution >= 4 is 41.0 Å². The first-order valence-corrected chi connectivity index (χ1v) is 9.75. The molecule has 5 nitrogen and oxygen atoms in total. The van der Waals surface area contributed by atoms with Crippen molar-refractivity contribution in [2.45, 2.75) is 19.0 Å². The van der Waals surface area contributed by atoms with E-state index in [0.717, 1.165) is 27.0 Å². The molecule has 1 unspecified atom stereocenters. The van der Waals surface area contributed by atoms with Crippen molar-refractivity contribution in [3.8, 4) is 0 Å². The second-order valence-electron chi connectivity index (χ2n) is 7.69. The summed E-state index contributed by atoms with van der Waals surface area (Å²) in [7, 11) is 0. The fraction of sp³-hybridized carbons (Fsp3) is 0.227. The third kappa shape index (κ3) is 2.46. The van der Waals surface area contributed by atoms with Gasteiger partial charge in [0.1, 0.15) is 23.7 Å². The number of amides is 2. The Labute approximate surface area is 171 Å². The number of nitrogens with zero attached hydrogens (tertiary/aromatic N) is 1. The van der Waals surface area contributed by atoms with Gasteiger partial charge in [0.2, 0.25) is 11.8 Å². The summed E-state index contributed by atoms with van der Waals surface area (Å²) in [6.45, 7) is 1.46. The number of quaternary nitrogens is 1. The van der Waals surface area contributed by atoms with Crippen LogP contribution in [0.2, 0.25) is 5.02 Å². The molecule has 0 spiro atoms. The Kier molecular flexibility index (Phi) is 3.98. The van der Waals surface area contributed by atoms with Gasteiger partial charge in [0.05, 0.1) is 16.9 Å². The molecule has 2 amide bonds. The molecule has 0 saturated carbocycles. The number of carbonyl (C=O) groups is 3. The summed E-state index contributed by atoms with van der Waals surface area (Å²) < 4.78 is 13.6. The van der Waals surface area contributed by atoms with Gasteiger partial charge in [0.15, 0.2) is 11.8 Å². The van der Waals surface area contributed by atoms with E-state index < -0.39 is 29.6 Å². The zero-order valence-corrected chi connectivity index (χ0v) is 16.2. The summed E-state index contributed by atoms with van der Waals surface area (Å²) >= 11 is 5.87. The molecular formula is C22H17ClFN2O3+. The topological polar surface area (TPSA) is 58.9 Å². The second kappa shape index (κ2) is 6.34. The van der Waals surface area contributed by atoms with E-state index in [9.17, 15) is 18.8 Å². The Morgan fingerprint density at radius 2 is 1.83 bits per heavy atom. The average Bonchev–Trinajstić information content (AvgIpc) is 3.17. The van der Waals surface area contributed by atoms with Gasteiger partial charge in [-0.05, 0) is 29.8 Å². The van der Waals surface area contributed by atoms with Crippen LogP contribution in [0.15, 0.2) is 48.7 Å². The Bertz CT molecular complexity index is 1110. The molecule has 3 heterocycles. The molecule has 3 aliphatic rings. The van der Waals surface area contributed by atoms with E-state index in [1.54, 1.807) is 0 Å². The van der Waals surface area contributed by atoms with E-state index in [-0.39, 0.29) is 28.4 Å². The smallest absolute Gasteiger partial charge is 0.244 e. The van der Waals surface area contributed by atoms with Gasteiger partial charge in [0, 0.05) is 12.5 Å². The molecule has 0 radical (unpaired) electrons. The van der Waals surface area contributed by atoms with Crippen LogP contribution in [0.5, 0.6) is 0 Å².